The standard InChI is InChI=1S/C43H28O/c1-2-10-29(11-3-1)30-20-18-28(19-21-30)24-38-34-14-6-8-16-36(34)43(37-17-9-7-15-35(37)38)33-22-23-41-39(26-33)40-25-31-12-4-5-13-32(31)27-42(40)44-41/h1-23,25-27H,24H2/i6D,7D,8D,9D,14D,15D,16D,17D. The zero-order valence-electron chi connectivity index (χ0n) is 31.5. The second-order valence-electron chi connectivity index (χ2n) is 11.1. The first-order chi connectivity index (χ1) is 25.1. The number of hydrogen-bond donors (Lipinski definition) is 0. The fraction of sp³-hybridized carbons (Fsp3) is 0.0233. The molecule has 0 radical (unpaired) electrons. The van der Waals surface area contributed by atoms with E-state index >= 15 is 0 Å². The Balaban J connectivity index is 1.38. The molecule has 0 bridgehead atoms. The maximum Gasteiger partial charge on any atom is 0.136 e. The molecule has 0 saturated heterocycles. The smallest absolute Gasteiger partial charge is 0.136 e. The molecule has 9 rings (SSSR count). The summed E-state index contributed by atoms with van der Waals surface area (Å²) in [4.78, 5) is 0. The molecule has 0 saturated carbocycles. The van der Waals surface area contributed by atoms with Crippen molar-refractivity contribution in [2.75, 3.05) is 0 Å². The monoisotopic (exact) mass is 568 g/mol. The third-order valence-electron chi connectivity index (χ3n) is 8.55. The first-order valence-electron chi connectivity index (χ1n) is 18.6. The van der Waals surface area contributed by atoms with Crippen molar-refractivity contribution in [3.05, 3.63) is 169 Å². The van der Waals surface area contributed by atoms with E-state index in [2.05, 4.69) is 6.07 Å². The second-order valence-corrected chi connectivity index (χ2v) is 11.1. The van der Waals surface area contributed by atoms with Gasteiger partial charge in [0.15, 0.2) is 0 Å². The zero-order valence-corrected chi connectivity index (χ0v) is 23.5. The highest BCUT2D eigenvalue weighted by Gasteiger charge is 2.17. The summed E-state index contributed by atoms with van der Waals surface area (Å²) in [5.41, 5.74) is 5.49. The number of fused-ring (bicyclic) bond motifs is 6. The zero-order chi connectivity index (χ0) is 36.0. The third-order valence-corrected chi connectivity index (χ3v) is 8.55. The van der Waals surface area contributed by atoms with E-state index < -0.39 is 24.2 Å². The molecular weight excluding hydrogens is 532 g/mol. The minimum atomic E-state index is -0.418. The van der Waals surface area contributed by atoms with Gasteiger partial charge in [0.25, 0.3) is 0 Å². The average Bonchev–Trinajstić information content (AvgIpc) is 3.53. The van der Waals surface area contributed by atoms with E-state index in [1.54, 1.807) is 6.07 Å². The molecular formula is C43H28O. The molecule has 0 aliphatic carbocycles. The molecule has 1 heterocycles. The fourth-order valence-electron chi connectivity index (χ4n) is 6.44. The quantitative estimate of drug-likeness (QED) is 0.192. The van der Waals surface area contributed by atoms with Crippen LogP contribution in [-0.2, 0) is 6.42 Å². The molecule has 1 nitrogen and oxygen atoms in total. The van der Waals surface area contributed by atoms with Gasteiger partial charge < -0.3 is 4.42 Å². The van der Waals surface area contributed by atoms with Gasteiger partial charge in [-0.1, -0.05) is 133 Å². The van der Waals surface area contributed by atoms with Gasteiger partial charge in [0.05, 0.1) is 11.0 Å². The van der Waals surface area contributed by atoms with Crippen molar-refractivity contribution < 1.29 is 15.4 Å². The van der Waals surface area contributed by atoms with Gasteiger partial charge in [-0.25, -0.2) is 0 Å². The summed E-state index contributed by atoms with van der Waals surface area (Å²) < 4.78 is 78.1. The number of hydrogen-bond acceptors (Lipinski definition) is 1. The minimum Gasteiger partial charge on any atom is -0.456 e. The molecule has 0 fully saturated rings. The van der Waals surface area contributed by atoms with E-state index in [0.29, 0.717) is 27.9 Å². The lowest BCUT2D eigenvalue weighted by molar-refractivity contribution is 0.669. The van der Waals surface area contributed by atoms with Crippen molar-refractivity contribution >= 4 is 54.3 Å². The highest BCUT2D eigenvalue weighted by molar-refractivity contribution is 6.17. The number of benzene rings is 8. The van der Waals surface area contributed by atoms with Crippen LogP contribution in [0, 0.1) is 0 Å². The molecule has 206 valence electrons. The molecule has 0 aliphatic heterocycles. The Bertz CT molecular complexity index is 2870. The fourth-order valence-corrected chi connectivity index (χ4v) is 6.44. The Morgan fingerprint density at radius 1 is 0.455 bits per heavy atom. The normalized spacial score (nSPS) is 14.3. The van der Waals surface area contributed by atoms with Gasteiger partial charge in [-0.05, 0) is 96.4 Å². The van der Waals surface area contributed by atoms with Crippen LogP contribution in [0.1, 0.15) is 22.1 Å². The molecule has 0 aliphatic rings. The summed E-state index contributed by atoms with van der Waals surface area (Å²) in [6.45, 7) is 0. The summed E-state index contributed by atoms with van der Waals surface area (Å²) in [6, 6.07) is 32.6. The van der Waals surface area contributed by atoms with Crippen LogP contribution in [0.25, 0.3) is 76.5 Å². The first-order valence-corrected chi connectivity index (χ1v) is 14.6. The van der Waals surface area contributed by atoms with Crippen molar-refractivity contribution in [3.63, 3.8) is 0 Å². The maximum absolute atomic E-state index is 9.26. The van der Waals surface area contributed by atoms with Gasteiger partial charge in [0, 0.05) is 10.8 Å². The van der Waals surface area contributed by atoms with Crippen molar-refractivity contribution in [1.29, 1.82) is 0 Å². The summed E-state index contributed by atoms with van der Waals surface area (Å²) in [7, 11) is 0. The van der Waals surface area contributed by atoms with Crippen molar-refractivity contribution in [2.45, 2.75) is 6.42 Å². The maximum atomic E-state index is 9.26. The lowest BCUT2D eigenvalue weighted by Gasteiger charge is -2.18. The Labute approximate surface area is 266 Å². The van der Waals surface area contributed by atoms with Crippen LogP contribution in [0.2, 0.25) is 0 Å². The minimum absolute atomic E-state index is 0.172. The lowest BCUT2D eigenvalue weighted by Crippen LogP contribution is -1.95. The van der Waals surface area contributed by atoms with Crippen LogP contribution in [0.5, 0.6) is 0 Å². The van der Waals surface area contributed by atoms with E-state index in [1.807, 2.05) is 97.1 Å². The van der Waals surface area contributed by atoms with E-state index in [0.717, 1.165) is 38.2 Å². The van der Waals surface area contributed by atoms with E-state index in [4.69, 9.17) is 9.90 Å². The largest absolute Gasteiger partial charge is 0.456 e. The van der Waals surface area contributed by atoms with Crippen LogP contribution in [0.3, 0.4) is 0 Å². The van der Waals surface area contributed by atoms with Gasteiger partial charge in [-0.15, -0.1) is 0 Å². The van der Waals surface area contributed by atoms with Gasteiger partial charge in [0.2, 0.25) is 0 Å². The molecule has 0 amide bonds. The van der Waals surface area contributed by atoms with E-state index in [-0.39, 0.29) is 52.1 Å². The predicted octanol–water partition coefficient (Wildman–Crippen LogP) is 12.0. The van der Waals surface area contributed by atoms with Crippen LogP contribution in [0.15, 0.2) is 162 Å². The van der Waals surface area contributed by atoms with E-state index in [1.165, 1.54) is 0 Å². The summed E-state index contributed by atoms with van der Waals surface area (Å²) in [5.74, 6) is 0. The Morgan fingerprint density at radius 3 is 1.73 bits per heavy atom. The summed E-state index contributed by atoms with van der Waals surface area (Å²) in [6.07, 6.45) is 0.172. The molecule has 0 unspecified atom stereocenters. The molecule has 1 aromatic heterocycles. The van der Waals surface area contributed by atoms with Crippen molar-refractivity contribution in [1.82, 2.24) is 0 Å². The first kappa shape index (κ1) is 18.1. The molecule has 1 heteroatoms. The highest BCUT2D eigenvalue weighted by Crippen LogP contribution is 2.42. The Kier molecular flexibility index (Phi) is 4.10. The van der Waals surface area contributed by atoms with Crippen molar-refractivity contribution in [2.24, 2.45) is 0 Å². The summed E-state index contributed by atoms with van der Waals surface area (Å²) >= 11 is 0. The second kappa shape index (κ2) is 9.97. The predicted molar refractivity (Wildman–Crippen MR) is 186 cm³/mol. The van der Waals surface area contributed by atoms with E-state index in [9.17, 15) is 5.48 Å². The SMILES string of the molecule is [2H]c1c([2H])c([2H])c2c(-c3ccc4oc5cc6ccccc6cc5c4c3)c3c([2H])c([2H])c([2H])c([2H])c3c(Cc3ccc(-c4ccccc4)cc3)c2c1[2H]. The molecule has 9 aromatic rings. The highest BCUT2D eigenvalue weighted by atomic mass is 16.3. The van der Waals surface area contributed by atoms with Crippen molar-refractivity contribution in [3.8, 4) is 22.3 Å². The van der Waals surface area contributed by atoms with Crippen LogP contribution < -0.4 is 0 Å². The van der Waals surface area contributed by atoms with Crippen LogP contribution in [0.4, 0.5) is 0 Å². The van der Waals surface area contributed by atoms with Gasteiger partial charge in [0.1, 0.15) is 11.2 Å². The number of rotatable bonds is 4. The summed E-state index contributed by atoms with van der Waals surface area (Å²) in [5, 5.41) is 4.58. The molecule has 8 aromatic carbocycles. The number of furan rings is 1. The van der Waals surface area contributed by atoms with Gasteiger partial charge >= 0.3 is 0 Å². The third kappa shape index (κ3) is 4.01. The van der Waals surface area contributed by atoms with Gasteiger partial charge in [-0.2, -0.15) is 0 Å². The Hall–Kier alpha value is -5.66. The Morgan fingerprint density at radius 2 is 1.02 bits per heavy atom. The average molecular weight is 569 g/mol. The molecule has 0 spiro atoms. The lowest BCUT2D eigenvalue weighted by atomic mass is 9.86. The molecule has 44 heavy (non-hydrogen) atoms. The van der Waals surface area contributed by atoms with Gasteiger partial charge in [-0.3, -0.25) is 0 Å². The molecule has 0 N–H and O–H groups in total. The topological polar surface area (TPSA) is 13.1 Å². The van der Waals surface area contributed by atoms with Crippen LogP contribution >= 0.6 is 0 Å². The van der Waals surface area contributed by atoms with Crippen LogP contribution in [-0.4, -0.2) is 0 Å². The molecule has 0 atom stereocenters.